The number of hydrogen-bond acceptors (Lipinski definition) is 4. The van der Waals surface area contributed by atoms with Gasteiger partial charge in [0.2, 0.25) is 5.91 Å². The van der Waals surface area contributed by atoms with E-state index < -0.39 is 18.4 Å². The third kappa shape index (κ3) is 3.30. The van der Waals surface area contributed by atoms with E-state index in [2.05, 4.69) is 17.9 Å². The topological polar surface area (TPSA) is 86.7 Å². The molecule has 1 aliphatic rings. The number of rotatable bonds is 4. The average Bonchev–Trinajstić information content (AvgIpc) is 2.75. The minimum atomic E-state index is -1.10. The van der Waals surface area contributed by atoms with Crippen LogP contribution in [0.3, 0.4) is 0 Å². The predicted molar refractivity (Wildman–Crippen MR) is 76.2 cm³/mol. The van der Waals surface area contributed by atoms with Gasteiger partial charge in [-0.2, -0.15) is 12.6 Å². The minimum absolute atomic E-state index is 0.00748. The van der Waals surface area contributed by atoms with E-state index in [1.807, 2.05) is 0 Å². The number of thiol groups is 1. The van der Waals surface area contributed by atoms with Crippen molar-refractivity contribution in [3.05, 3.63) is 29.8 Å². The summed E-state index contributed by atoms with van der Waals surface area (Å²) in [4.78, 5) is 35.3. The van der Waals surface area contributed by atoms with Gasteiger partial charge in [0.15, 0.2) is 0 Å². The van der Waals surface area contributed by atoms with Crippen LogP contribution in [0.25, 0.3) is 0 Å². The van der Waals surface area contributed by atoms with Crippen LogP contribution in [0.1, 0.15) is 16.8 Å². The van der Waals surface area contributed by atoms with Crippen molar-refractivity contribution in [2.45, 2.75) is 11.7 Å². The number of aliphatic carboxylic acids is 1. The highest BCUT2D eigenvalue weighted by Gasteiger charge is 2.28. The van der Waals surface area contributed by atoms with Crippen LogP contribution in [-0.4, -0.2) is 41.2 Å². The summed E-state index contributed by atoms with van der Waals surface area (Å²) in [6.07, 6.45) is 0.407. The molecular weight excluding hydrogens is 280 g/mol. The lowest BCUT2D eigenvalue weighted by molar-refractivity contribution is -0.135. The second kappa shape index (κ2) is 5.96. The first-order valence-electron chi connectivity index (χ1n) is 6.06. The molecule has 1 unspecified atom stereocenters. The van der Waals surface area contributed by atoms with Crippen molar-refractivity contribution < 1.29 is 19.5 Å². The molecule has 1 fully saturated rings. The number of carbonyl (C=O) groups excluding carboxylic acids is 2. The number of carbonyl (C=O) groups is 3. The zero-order chi connectivity index (χ0) is 14.7. The molecule has 0 saturated carbocycles. The van der Waals surface area contributed by atoms with E-state index in [1.54, 1.807) is 29.2 Å². The standard InChI is InChI=1S/C13H14N2O4S/c16-11-5-10(20)7-15(11)9-3-1-8(2-4-9)13(19)14-6-12(17)18/h1-4,10,20H,5-7H2,(H,14,19)(H,17,18). The molecule has 0 bridgehead atoms. The Morgan fingerprint density at radius 3 is 2.50 bits per heavy atom. The number of carboxylic acid groups (broad SMARTS) is 1. The number of benzene rings is 1. The summed E-state index contributed by atoms with van der Waals surface area (Å²) in [5.41, 5.74) is 1.06. The Hall–Kier alpha value is -2.02. The molecule has 2 amide bonds. The van der Waals surface area contributed by atoms with Crippen molar-refractivity contribution >= 4 is 36.1 Å². The molecule has 7 heteroatoms. The van der Waals surface area contributed by atoms with Crippen LogP contribution >= 0.6 is 12.6 Å². The lowest BCUT2D eigenvalue weighted by Gasteiger charge is -2.16. The van der Waals surface area contributed by atoms with E-state index in [9.17, 15) is 14.4 Å². The van der Waals surface area contributed by atoms with Gasteiger partial charge >= 0.3 is 5.97 Å². The molecule has 1 saturated heterocycles. The van der Waals surface area contributed by atoms with Gasteiger partial charge in [0.25, 0.3) is 5.91 Å². The fourth-order valence-corrected chi connectivity index (χ4v) is 2.31. The molecule has 0 spiro atoms. The summed E-state index contributed by atoms with van der Waals surface area (Å²) in [5, 5.41) is 10.8. The SMILES string of the molecule is O=C(O)CNC(=O)c1ccc(N2CC(S)CC2=O)cc1. The number of nitrogens with one attached hydrogen (secondary N) is 1. The normalized spacial score (nSPS) is 18.1. The molecule has 1 heterocycles. The average molecular weight is 294 g/mol. The van der Waals surface area contributed by atoms with Gasteiger partial charge in [-0.3, -0.25) is 14.4 Å². The lowest BCUT2D eigenvalue weighted by atomic mass is 10.2. The van der Waals surface area contributed by atoms with Crippen LogP contribution in [0, 0.1) is 0 Å². The molecule has 1 aromatic rings. The minimum Gasteiger partial charge on any atom is -0.480 e. The van der Waals surface area contributed by atoms with E-state index in [1.165, 1.54) is 0 Å². The van der Waals surface area contributed by atoms with Crippen LogP contribution in [0.5, 0.6) is 0 Å². The highest BCUT2D eigenvalue weighted by Crippen LogP contribution is 2.24. The molecule has 2 rings (SSSR count). The van der Waals surface area contributed by atoms with E-state index >= 15 is 0 Å². The molecular formula is C13H14N2O4S. The van der Waals surface area contributed by atoms with Gasteiger partial charge in [-0.1, -0.05) is 0 Å². The van der Waals surface area contributed by atoms with Gasteiger partial charge in [-0.05, 0) is 24.3 Å². The highest BCUT2D eigenvalue weighted by atomic mass is 32.1. The Morgan fingerprint density at radius 2 is 2.00 bits per heavy atom. The molecule has 20 heavy (non-hydrogen) atoms. The third-order valence-corrected chi connectivity index (χ3v) is 3.29. The van der Waals surface area contributed by atoms with E-state index in [0.29, 0.717) is 24.2 Å². The van der Waals surface area contributed by atoms with Crippen LogP contribution in [0.15, 0.2) is 24.3 Å². The van der Waals surface area contributed by atoms with Crippen LogP contribution in [0.4, 0.5) is 5.69 Å². The van der Waals surface area contributed by atoms with Crippen molar-refractivity contribution in [1.82, 2.24) is 5.32 Å². The smallest absolute Gasteiger partial charge is 0.322 e. The molecule has 0 aliphatic carbocycles. The zero-order valence-corrected chi connectivity index (χ0v) is 11.5. The van der Waals surface area contributed by atoms with Gasteiger partial charge in [0, 0.05) is 29.5 Å². The maximum Gasteiger partial charge on any atom is 0.322 e. The zero-order valence-electron chi connectivity index (χ0n) is 10.6. The number of hydrogen-bond donors (Lipinski definition) is 3. The predicted octanol–water partition coefficient (Wildman–Crippen LogP) is 0.536. The third-order valence-electron chi connectivity index (χ3n) is 2.95. The number of amides is 2. The van der Waals surface area contributed by atoms with Crippen LogP contribution in [0.2, 0.25) is 0 Å². The van der Waals surface area contributed by atoms with E-state index in [-0.39, 0.29) is 11.2 Å². The van der Waals surface area contributed by atoms with E-state index in [4.69, 9.17) is 5.11 Å². The molecule has 0 radical (unpaired) electrons. The summed E-state index contributed by atoms with van der Waals surface area (Å²) in [6.45, 7) is 0.124. The van der Waals surface area contributed by atoms with Crippen LogP contribution < -0.4 is 10.2 Å². The Morgan fingerprint density at radius 1 is 1.35 bits per heavy atom. The summed E-state index contributed by atoms with van der Waals surface area (Å²) >= 11 is 4.28. The quantitative estimate of drug-likeness (QED) is 0.707. The van der Waals surface area contributed by atoms with Gasteiger partial charge in [-0.25, -0.2) is 0 Å². The maximum atomic E-state index is 11.7. The van der Waals surface area contributed by atoms with Crippen molar-refractivity contribution in [3.8, 4) is 0 Å². The second-order valence-corrected chi connectivity index (χ2v) is 5.22. The highest BCUT2D eigenvalue weighted by molar-refractivity contribution is 7.81. The Bertz CT molecular complexity index is 544. The fraction of sp³-hybridized carbons (Fsp3) is 0.308. The number of anilines is 1. The monoisotopic (exact) mass is 294 g/mol. The molecule has 1 atom stereocenters. The first-order valence-corrected chi connectivity index (χ1v) is 6.57. The second-order valence-electron chi connectivity index (χ2n) is 4.49. The summed E-state index contributed by atoms with van der Waals surface area (Å²) in [6, 6.07) is 6.45. The van der Waals surface area contributed by atoms with E-state index in [0.717, 1.165) is 0 Å². The van der Waals surface area contributed by atoms with Gasteiger partial charge in [0.05, 0.1) is 0 Å². The largest absolute Gasteiger partial charge is 0.480 e. The first kappa shape index (κ1) is 14.4. The van der Waals surface area contributed by atoms with Crippen molar-refractivity contribution in [1.29, 1.82) is 0 Å². The molecule has 6 nitrogen and oxygen atoms in total. The summed E-state index contributed by atoms with van der Waals surface area (Å²) in [5.74, 6) is -1.55. The molecule has 2 N–H and O–H groups in total. The molecule has 0 aromatic heterocycles. The Balaban J connectivity index is 2.05. The summed E-state index contributed by atoms with van der Waals surface area (Å²) in [7, 11) is 0. The summed E-state index contributed by atoms with van der Waals surface area (Å²) < 4.78 is 0. The van der Waals surface area contributed by atoms with Gasteiger partial charge in [0.1, 0.15) is 6.54 Å². The molecule has 1 aliphatic heterocycles. The van der Waals surface area contributed by atoms with Crippen molar-refractivity contribution in [2.24, 2.45) is 0 Å². The Kier molecular flexibility index (Phi) is 4.29. The van der Waals surface area contributed by atoms with Crippen LogP contribution in [-0.2, 0) is 9.59 Å². The Labute approximate surface area is 121 Å². The van der Waals surface area contributed by atoms with Gasteiger partial charge in [-0.15, -0.1) is 0 Å². The fourth-order valence-electron chi connectivity index (χ4n) is 1.99. The lowest BCUT2D eigenvalue weighted by Crippen LogP contribution is -2.29. The maximum absolute atomic E-state index is 11.7. The molecule has 106 valence electrons. The molecule has 1 aromatic carbocycles. The first-order chi connectivity index (χ1) is 9.47. The number of nitrogens with zero attached hydrogens (tertiary/aromatic N) is 1. The number of carboxylic acids is 1. The van der Waals surface area contributed by atoms with Crippen molar-refractivity contribution in [3.63, 3.8) is 0 Å². The van der Waals surface area contributed by atoms with Crippen molar-refractivity contribution in [2.75, 3.05) is 18.0 Å². The van der Waals surface area contributed by atoms with Gasteiger partial charge < -0.3 is 15.3 Å².